The molecule has 0 N–H and O–H groups in total. The predicted molar refractivity (Wildman–Crippen MR) is 99.0 cm³/mol. The molecule has 0 atom stereocenters. The van der Waals surface area contributed by atoms with E-state index in [9.17, 15) is 0 Å². The molecule has 4 aromatic rings. The highest BCUT2D eigenvalue weighted by Crippen LogP contribution is 2.31. The van der Waals surface area contributed by atoms with Gasteiger partial charge in [-0.15, -0.1) is 0 Å². The van der Waals surface area contributed by atoms with E-state index in [1.807, 2.05) is 24.7 Å². The van der Waals surface area contributed by atoms with Gasteiger partial charge in [0.05, 0.1) is 11.4 Å². The molecule has 0 aliphatic carbocycles. The third-order valence-electron chi connectivity index (χ3n) is 4.32. The molecule has 0 saturated heterocycles. The van der Waals surface area contributed by atoms with Gasteiger partial charge in [-0.25, -0.2) is 0 Å². The van der Waals surface area contributed by atoms with Crippen molar-refractivity contribution in [2.24, 2.45) is 0 Å². The molecule has 1 aromatic carbocycles. The molecule has 0 fully saturated rings. The molecule has 0 radical (unpaired) electrons. The first-order valence-corrected chi connectivity index (χ1v) is 8.13. The normalized spacial score (nSPS) is 12.0. The lowest BCUT2D eigenvalue weighted by molar-refractivity contribution is 0.569. The average Bonchev–Trinajstić information content (AvgIpc) is 2.60. The molecule has 0 spiro atoms. The number of hydrogen-bond acceptors (Lipinski definition) is 3. The Morgan fingerprint density at radius 1 is 0.792 bits per heavy atom. The summed E-state index contributed by atoms with van der Waals surface area (Å²) in [5, 5.41) is 4.63. The second-order valence-electron chi connectivity index (χ2n) is 7.08. The summed E-state index contributed by atoms with van der Waals surface area (Å²) in [7, 11) is 0. The molecule has 0 aliphatic heterocycles. The lowest BCUT2D eigenvalue weighted by atomic mass is 9.91. The van der Waals surface area contributed by atoms with Gasteiger partial charge in [0.15, 0.2) is 0 Å². The average molecular weight is 313 g/mol. The molecule has 0 bridgehead atoms. The van der Waals surface area contributed by atoms with E-state index in [-0.39, 0.29) is 5.41 Å². The second-order valence-corrected chi connectivity index (χ2v) is 7.08. The van der Waals surface area contributed by atoms with Crippen LogP contribution in [0.4, 0.5) is 0 Å². The van der Waals surface area contributed by atoms with Crippen molar-refractivity contribution in [2.45, 2.75) is 26.2 Å². The Balaban J connectivity index is 2.00. The highest BCUT2D eigenvalue weighted by Gasteiger charge is 2.17. The van der Waals surface area contributed by atoms with Crippen LogP contribution in [0.3, 0.4) is 0 Å². The minimum Gasteiger partial charge on any atom is -0.264 e. The molecule has 3 heteroatoms. The first kappa shape index (κ1) is 14.8. The minimum atomic E-state index is 0.0129. The van der Waals surface area contributed by atoms with Crippen LogP contribution in [0.2, 0.25) is 0 Å². The molecule has 0 saturated carbocycles. The van der Waals surface area contributed by atoms with E-state index in [4.69, 9.17) is 4.98 Å². The van der Waals surface area contributed by atoms with Crippen molar-refractivity contribution < 1.29 is 0 Å². The Morgan fingerprint density at radius 2 is 1.62 bits per heavy atom. The number of hydrogen-bond donors (Lipinski definition) is 0. The van der Waals surface area contributed by atoms with Crippen LogP contribution in [0.5, 0.6) is 0 Å². The van der Waals surface area contributed by atoms with Gasteiger partial charge in [-0.05, 0) is 35.0 Å². The number of rotatable bonds is 1. The summed E-state index contributed by atoms with van der Waals surface area (Å²) >= 11 is 0. The Hall–Kier alpha value is -2.81. The smallest absolute Gasteiger partial charge is 0.0964 e. The van der Waals surface area contributed by atoms with Gasteiger partial charge in [-0.1, -0.05) is 39.0 Å². The minimum absolute atomic E-state index is 0.0129. The van der Waals surface area contributed by atoms with Gasteiger partial charge in [-0.2, -0.15) is 0 Å². The van der Waals surface area contributed by atoms with Crippen LogP contribution in [0, 0.1) is 0 Å². The number of fused-ring (bicyclic) bond motifs is 3. The lowest BCUT2D eigenvalue weighted by Crippen LogP contribution is -2.13. The molecular formula is C21H19N3. The van der Waals surface area contributed by atoms with E-state index < -0.39 is 0 Å². The predicted octanol–water partition coefficient (Wildman–Crippen LogP) is 5.14. The summed E-state index contributed by atoms with van der Waals surface area (Å²) in [6, 6.07) is 14.5. The molecule has 0 amide bonds. The second kappa shape index (κ2) is 5.38. The monoisotopic (exact) mass is 313 g/mol. The molecule has 24 heavy (non-hydrogen) atoms. The highest BCUT2D eigenvalue weighted by molar-refractivity contribution is 6.10. The van der Waals surface area contributed by atoms with Gasteiger partial charge in [0, 0.05) is 40.5 Å². The van der Waals surface area contributed by atoms with E-state index in [0.717, 1.165) is 27.9 Å². The van der Waals surface area contributed by atoms with E-state index >= 15 is 0 Å². The Kier molecular flexibility index (Phi) is 3.31. The maximum atomic E-state index is 4.87. The van der Waals surface area contributed by atoms with Crippen molar-refractivity contribution in [2.75, 3.05) is 0 Å². The van der Waals surface area contributed by atoms with Crippen molar-refractivity contribution in [3.63, 3.8) is 0 Å². The van der Waals surface area contributed by atoms with E-state index in [1.54, 1.807) is 0 Å². The van der Waals surface area contributed by atoms with Crippen molar-refractivity contribution in [1.82, 2.24) is 15.0 Å². The molecule has 0 aliphatic rings. The molecule has 3 heterocycles. The third kappa shape index (κ3) is 2.42. The fraction of sp³-hybridized carbons (Fsp3) is 0.190. The Bertz CT molecular complexity index is 1050. The number of nitrogens with zero attached hydrogens (tertiary/aromatic N) is 3. The zero-order valence-electron chi connectivity index (χ0n) is 14.1. The van der Waals surface area contributed by atoms with Crippen LogP contribution in [-0.4, -0.2) is 15.0 Å². The Morgan fingerprint density at radius 3 is 2.46 bits per heavy atom. The topological polar surface area (TPSA) is 38.7 Å². The van der Waals surface area contributed by atoms with Crippen LogP contribution in [0.25, 0.3) is 32.9 Å². The summed E-state index contributed by atoms with van der Waals surface area (Å²) in [5.74, 6) is 0. The van der Waals surface area contributed by atoms with Crippen molar-refractivity contribution in [3.05, 3.63) is 66.7 Å². The zero-order valence-corrected chi connectivity index (χ0v) is 14.1. The summed E-state index contributed by atoms with van der Waals surface area (Å²) < 4.78 is 0. The Labute approximate surface area is 141 Å². The molecule has 3 nitrogen and oxygen atoms in total. The first-order valence-electron chi connectivity index (χ1n) is 8.13. The standard InChI is InChI=1S/C21H19N3/c1-21(2,3)19-6-4-5-18(24-19)20-17-8-7-14-13-22-11-9-15(14)16(17)10-12-23-20/h4-13H,1-3H3. The zero-order chi connectivity index (χ0) is 16.7. The van der Waals surface area contributed by atoms with Crippen LogP contribution in [0.15, 0.2) is 61.1 Å². The number of aromatic nitrogens is 3. The highest BCUT2D eigenvalue weighted by atomic mass is 14.8. The maximum absolute atomic E-state index is 4.87. The van der Waals surface area contributed by atoms with Crippen molar-refractivity contribution in [1.29, 1.82) is 0 Å². The SMILES string of the molecule is CC(C)(C)c1cccc(-c2nccc3c2ccc2cnccc23)n1. The summed E-state index contributed by atoms with van der Waals surface area (Å²) in [6.07, 6.45) is 5.59. The number of pyridine rings is 3. The van der Waals surface area contributed by atoms with Gasteiger partial charge in [0.2, 0.25) is 0 Å². The molecule has 3 aromatic heterocycles. The number of benzene rings is 1. The van der Waals surface area contributed by atoms with Crippen LogP contribution < -0.4 is 0 Å². The first-order chi connectivity index (χ1) is 11.5. The van der Waals surface area contributed by atoms with Gasteiger partial charge in [0.25, 0.3) is 0 Å². The lowest BCUT2D eigenvalue weighted by Gasteiger charge is -2.18. The van der Waals surface area contributed by atoms with Crippen LogP contribution in [0.1, 0.15) is 26.5 Å². The third-order valence-corrected chi connectivity index (χ3v) is 4.32. The van der Waals surface area contributed by atoms with Gasteiger partial charge >= 0.3 is 0 Å². The fourth-order valence-electron chi connectivity index (χ4n) is 3.02. The van der Waals surface area contributed by atoms with Crippen molar-refractivity contribution >= 4 is 21.5 Å². The molecule has 0 unspecified atom stereocenters. The van der Waals surface area contributed by atoms with Crippen molar-refractivity contribution in [3.8, 4) is 11.4 Å². The quantitative estimate of drug-likeness (QED) is 0.457. The molecular weight excluding hydrogens is 294 g/mol. The fourth-order valence-corrected chi connectivity index (χ4v) is 3.02. The van der Waals surface area contributed by atoms with Crippen LogP contribution in [-0.2, 0) is 5.41 Å². The summed E-state index contributed by atoms with van der Waals surface area (Å²) in [5.41, 5.74) is 2.93. The largest absolute Gasteiger partial charge is 0.264 e. The van der Waals surface area contributed by atoms with Gasteiger partial charge in [-0.3, -0.25) is 15.0 Å². The van der Waals surface area contributed by atoms with E-state index in [0.29, 0.717) is 0 Å². The van der Waals surface area contributed by atoms with Crippen LogP contribution >= 0.6 is 0 Å². The molecule has 4 rings (SSSR count). The molecule has 118 valence electrons. The summed E-state index contributed by atoms with van der Waals surface area (Å²) in [6.45, 7) is 6.53. The maximum Gasteiger partial charge on any atom is 0.0964 e. The van der Waals surface area contributed by atoms with E-state index in [2.05, 4.69) is 67.1 Å². The summed E-state index contributed by atoms with van der Waals surface area (Å²) in [4.78, 5) is 13.7. The van der Waals surface area contributed by atoms with Gasteiger partial charge in [0.1, 0.15) is 0 Å². The van der Waals surface area contributed by atoms with E-state index in [1.165, 1.54) is 10.8 Å². The van der Waals surface area contributed by atoms with Gasteiger partial charge < -0.3 is 0 Å².